The molecule has 0 unspecified atom stereocenters. The minimum absolute atomic E-state index is 0.0826. The summed E-state index contributed by atoms with van der Waals surface area (Å²) in [7, 11) is 2.96. The maximum Gasteiger partial charge on any atom is 0.355 e. The van der Waals surface area contributed by atoms with Gasteiger partial charge in [-0.05, 0) is 6.07 Å². The molecule has 0 spiro atoms. The summed E-state index contributed by atoms with van der Waals surface area (Å²) in [6.07, 6.45) is 4.58. The number of carbonyl (C=O) groups is 2. The number of ketones is 1. The first-order valence-electron chi connectivity index (χ1n) is 5.65. The number of hydrogen-bond donors (Lipinski definition) is 0. The van der Waals surface area contributed by atoms with E-state index in [4.69, 9.17) is 34.8 Å². The maximum atomic E-state index is 12.0. The molecule has 0 fully saturated rings. The Morgan fingerprint density at radius 3 is 2.43 bits per heavy atom. The van der Waals surface area contributed by atoms with E-state index in [0.717, 1.165) is 0 Å². The quantitative estimate of drug-likeness (QED) is 0.485. The molecule has 2 heterocycles. The lowest BCUT2D eigenvalue weighted by atomic mass is 10.2. The number of Topliss-reactive ketones (excluding diaryl/α,β-unsaturated/α-hetero) is 1. The summed E-state index contributed by atoms with van der Waals surface area (Å²) < 4.78 is 5.58. The van der Waals surface area contributed by atoms with Crippen molar-refractivity contribution in [3.8, 4) is 5.69 Å². The van der Waals surface area contributed by atoms with E-state index in [0.29, 0.717) is 5.69 Å². The van der Waals surface area contributed by atoms with Crippen LogP contribution >= 0.6 is 34.8 Å². The molecule has 2 rings (SSSR count). The second-order valence-electron chi connectivity index (χ2n) is 4.17. The zero-order valence-electron chi connectivity index (χ0n) is 11.0. The van der Waals surface area contributed by atoms with Gasteiger partial charge >= 0.3 is 5.97 Å². The lowest BCUT2D eigenvalue weighted by molar-refractivity contribution is 0.0591. The first kappa shape index (κ1) is 15.9. The van der Waals surface area contributed by atoms with Gasteiger partial charge in [0.2, 0.25) is 5.78 Å². The molecular weight excluding hydrogens is 341 g/mol. The second-order valence-corrected chi connectivity index (χ2v) is 6.46. The fourth-order valence-corrected chi connectivity index (χ4v) is 2.09. The molecular formula is C12H10Cl3N3O3. The molecule has 0 aliphatic carbocycles. The fraction of sp³-hybridized carbons (Fsp3) is 0.250. The molecule has 0 saturated heterocycles. The number of nitrogens with zero attached hydrogens (tertiary/aromatic N) is 3. The van der Waals surface area contributed by atoms with Crippen molar-refractivity contribution in [2.24, 2.45) is 7.05 Å². The molecule has 6 nitrogen and oxygen atoms in total. The third kappa shape index (κ3) is 3.23. The van der Waals surface area contributed by atoms with Crippen molar-refractivity contribution >= 4 is 46.6 Å². The van der Waals surface area contributed by atoms with E-state index in [9.17, 15) is 9.59 Å². The van der Waals surface area contributed by atoms with Crippen molar-refractivity contribution in [3.05, 3.63) is 35.9 Å². The van der Waals surface area contributed by atoms with Crippen LogP contribution in [0.3, 0.4) is 0 Å². The summed E-state index contributed by atoms with van der Waals surface area (Å²) in [6, 6.07) is 1.31. The van der Waals surface area contributed by atoms with Crippen molar-refractivity contribution in [2.75, 3.05) is 7.11 Å². The van der Waals surface area contributed by atoms with Crippen molar-refractivity contribution in [1.29, 1.82) is 0 Å². The molecule has 112 valence electrons. The van der Waals surface area contributed by atoms with Crippen molar-refractivity contribution < 1.29 is 14.3 Å². The molecule has 2 aromatic rings. The molecule has 0 radical (unpaired) electrons. The summed E-state index contributed by atoms with van der Waals surface area (Å²) in [5.41, 5.74) is 0.781. The Balaban J connectivity index is 2.56. The van der Waals surface area contributed by atoms with Gasteiger partial charge in [-0.3, -0.25) is 9.48 Å². The SMILES string of the molecule is COC(=O)c1cc(C(=O)C(Cl)(Cl)Cl)cn1-c1cnn(C)c1. The average molecular weight is 351 g/mol. The van der Waals surface area contributed by atoms with Gasteiger partial charge in [-0.1, -0.05) is 34.8 Å². The summed E-state index contributed by atoms with van der Waals surface area (Å²) >= 11 is 16.7. The lowest BCUT2D eigenvalue weighted by Crippen LogP contribution is -2.18. The van der Waals surface area contributed by atoms with E-state index in [1.54, 1.807) is 17.9 Å². The average Bonchev–Trinajstić information content (AvgIpc) is 3.01. The molecule has 0 aliphatic rings. The number of hydrogen-bond acceptors (Lipinski definition) is 4. The molecule has 2 aromatic heterocycles. The zero-order chi connectivity index (χ0) is 15.8. The van der Waals surface area contributed by atoms with Gasteiger partial charge in [-0.25, -0.2) is 4.79 Å². The van der Waals surface area contributed by atoms with Gasteiger partial charge in [0.1, 0.15) is 5.69 Å². The van der Waals surface area contributed by atoms with Crippen LogP contribution < -0.4 is 0 Å². The predicted octanol–water partition coefficient (Wildman–Crippen LogP) is 2.55. The molecule has 9 heteroatoms. The highest BCUT2D eigenvalue weighted by atomic mass is 35.6. The van der Waals surface area contributed by atoms with E-state index >= 15 is 0 Å². The highest BCUT2D eigenvalue weighted by Crippen LogP contribution is 2.31. The molecule has 0 aromatic carbocycles. The number of ether oxygens (including phenoxy) is 1. The topological polar surface area (TPSA) is 66.1 Å². The van der Waals surface area contributed by atoms with E-state index in [-0.39, 0.29) is 11.3 Å². The minimum Gasteiger partial charge on any atom is -0.464 e. The normalized spacial score (nSPS) is 11.5. The lowest BCUT2D eigenvalue weighted by Gasteiger charge is -2.06. The standard InChI is InChI=1S/C12H10Cl3N3O3/c1-17-6-8(4-16-17)18-5-7(10(19)12(13,14)15)3-9(18)11(20)21-2/h3-6H,1-2H3. The van der Waals surface area contributed by atoms with Gasteiger partial charge in [0, 0.05) is 25.0 Å². The third-order valence-corrected chi connectivity index (χ3v) is 3.22. The van der Waals surface area contributed by atoms with Crippen molar-refractivity contribution in [1.82, 2.24) is 14.3 Å². The molecule has 0 N–H and O–H groups in total. The second kappa shape index (κ2) is 5.71. The molecule has 0 bridgehead atoms. The maximum absolute atomic E-state index is 12.0. The van der Waals surface area contributed by atoms with E-state index in [1.165, 1.54) is 30.1 Å². The Hall–Kier alpha value is -1.50. The van der Waals surface area contributed by atoms with Crippen LogP contribution in [0.15, 0.2) is 24.7 Å². The first-order chi connectivity index (χ1) is 9.74. The molecule has 0 saturated carbocycles. The van der Waals surface area contributed by atoms with Crippen LogP contribution in [-0.4, -0.2) is 37.0 Å². The number of rotatable bonds is 3. The highest BCUT2D eigenvalue weighted by molar-refractivity contribution is 6.77. The van der Waals surface area contributed by atoms with Gasteiger partial charge < -0.3 is 9.30 Å². The summed E-state index contributed by atoms with van der Waals surface area (Å²) in [4.78, 5) is 23.8. The van der Waals surface area contributed by atoms with Crippen LogP contribution in [0.5, 0.6) is 0 Å². The smallest absolute Gasteiger partial charge is 0.355 e. The van der Waals surface area contributed by atoms with Crippen LogP contribution in [0, 0.1) is 0 Å². The van der Waals surface area contributed by atoms with Gasteiger partial charge in [-0.2, -0.15) is 5.10 Å². The predicted molar refractivity (Wildman–Crippen MR) is 78.5 cm³/mol. The molecule has 0 amide bonds. The van der Waals surface area contributed by atoms with Crippen LogP contribution in [0.1, 0.15) is 20.8 Å². The van der Waals surface area contributed by atoms with Gasteiger partial charge in [0.05, 0.1) is 19.0 Å². The van der Waals surface area contributed by atoms with Crippen LogP contribution in [0.25, 0.3) is 5.69 Å². The number of carbonyl (C=O) groups excluding carboxylic acids is 2. The first-order valence-corrected chi connectivity index (χ1v) is 6.78. The van der Waals surface area contributed by atoms with E-state index in [1.807, 2.05) is 0 Å². The Bertz CT molecular complexity index is 700. The van der Waals surface area contributed by atoms with E-state index in [2.05, 4.69) is 9.84 Å². The Morgan fingerprint density at radius 1 is 1.29 bits per heavy atom. The summed E-state index contributed by atoms with van der Waals surface area (Å²) in [5.74, 6) is -1.36. The Morgan fingerprint density at radius 2 is 1.95 bits per heavy atom. The molecule has 0 atom stereocenters. The van der Waals surface area contributed by atoms with Gasteiger partial charge in [0.15, 0.2) is 0 Å². The largest absolute Gasteiger partial charge is 0.464 e. The van der Waals surface area contributed by atoms with Crippen LogP contribution in [0.2, 0.25) is 0 Å². The Labute approximate surface area is 135 Å². The van der Waals surface area contributed by atoms with Crippen LogP contribution in [0.4, 0.5) is 0 Å². The molecule has 21 heavy (non-hydrogen) atoms. The summed E-state index contributed by atoms with van der Waals surface area (Å²) in [6.45, 7) is 0. The van der Waals surface area contributed by atoms with Crippen molar-refractivity contribution in [2.45, 2.75) is 3.79 Å². The number of methoxy groups -OCH3 is 1. The third-order valence-electron chi connectivity index (χ3n) is 2.70. The zero-order valence-corrected chi connectivity index (χ0v) is 13.3. The Kier molecular flexibility index (Phi) is 4.32. The van der Waals surface area contributed by atoms with Crippen LogP contribution in [-0.2, 0) is 11.8 Å². The molecule has 0 aliphatic heterocycles. The fourth-order valence-electron chi connectivity index (χ4n) is 1.76. The minimum atomic E-state index is -2.10. The number of esters is 1. The number of halogens is 3. The van der Waals surface area contributed by atoms with Gasteiger partial charge in [-0.15, -0.1) is 0 Å². The number of alkyl halides is 3. The number of aromatic nitrogens is 3. The van der Waals surface area contributed by atoms with Crippen molar-refractivity contribution in [3.63, 3.8) is 0 Å². The van der Waals surface area contributed by atoms with E-state index < -0.39 is 15.5 Å². The van der Waals surface area contributed by atoms with Gasteiger partial charge in [0.25, 0.3) is 3.79 Å². The monoisotopic (exact) mass is 349 g/mol. The summed E-state index contributed by atoms with van der Waals surface area (Å²) in [5, 5.41) is 4.00. The highest BCUT2D eigenvalue weighted by Gasteiger charge is 2.33. The number of aryl methyl sites for hydroxylation is 1.